The number of halogens is 2. The van der Waals surface area contributed by atoms with E-state index in [2.05, 4.69) is 37.7 Å². The molecule has 1 saturated carbocycles. The van der Waals surface area contributed by atoms with E-state index in [0.717, 1.165) is 33.4 Å². The molecule has 126 valence electrons. The largest absolute Gasteiger partial charge is 0.390 e. The predicted octanol–water partition coefficient (Wildman–Crippen LogP) is 4.29. The third-order valence-corrected chi connectivity index (χ3v) is 5.68. The van der Waals surface area contributed by atoms with Crippen LogP contribution >= 0.6 is 34.2 Å². The lowest BCUT2D eigenvalue weighted by Gasteiger charge is -2.12. The highest BCUT2D eigenvalue weighted by atomic mass is 127. The summed E-state index contributed by atoms with van der Waals surface area (Å²) in [5.41, 5.74) is 2.92. The Labute approximate surface area is 157 Å². The smallest absolute Gasteiger partial charge is 0.153 e. The highest BCUT2D eigenvalue weighted by molar-refractivity contribution is 14.1. The van der Waals surface area contributed by atoms with Gasteiger partial charge in [-0.05, 0) is 49.3 Å². The lowest BCUT2D eigenvalue weighted by atomic mass is 10.1. The Morgan fingerprint density at radius 2 is 2.17 bits per heavy atom. The van der Waals surface area contributed by atoms with Gasteiger partial charge in [0, 0.05) is 17.5 Å². The number of rotatable bonds is 4. The number of fused-ring (bicyclic) bond motifs is 1. The molecule has 0 radical (unpaired) electrons. The summed E-state index contributed by atoms with van der Waals surface area (Å²) >= 11 is 8.65. The number of aromatic nitrogens is 4. The van der Waals surface area contributed by atoms with Gasteiger partial charge in [-0.1, -0.05) is 16.8 Å². The summed E-state index contributed by atoms with van der Waals surface area (Å²) in [6, 6.07) is 0.113. The van der Waals surface area contributed by atoms with Gasteiger partial charge in [0.2, 0.25) is 0 Å². The van der Waals surface area contributed by atoms with Crippen LogP contribution in [-0.4, -0.2) is 24.8 Å². The molecule has 8 heteroatoms. The fourth-order valence-corrected chi connectivity index (χ4v) is 4.29. The van der Waals surface area contributed by atoms with Crippen LogP contribution in [0.2, 0.25) is 5.15 Å². The number of hydrogen-bond acceptors (Lipinski definition) is 5. The predicted molar refractivity (Wildman–Crippen MR) is 99.0 cm³/mol. The van der Waals surface area contributed by atoms with Gasteiger partial charge >= 0.3 is 0 Å². The van der Waals surface area contributed by atoms with Crippen molar-refractivity contribution in [3.8, 4) is 11.3 Å². The van der Waals surface area contributed by atoms with Crippen molar-refractivity contribution in [3.05, 3.63) is 26.5 Å². The van der Waals surface area contributed by atoms with E-state index >= 15 is 0 Å². The second-order valence-corrected chi connectivity index (χ2v) is 7.73. The Bertz CT molecular complexity index is 930. The molecule has 0 saturated heterocycles. The summed E-state index contributed by atoms with van der Waals surface area (Å²) in [5.74, 6) is 1.38. The van der Waals surface area contributed by atoms with Crippen molar-refractivity contribution in [2.24, 2.45) is 0 Å². The Kier molecular flexibility index (Phi) is 4.04. The number of nitrogens with zero attached hydrogens (tertiary/aromatic N) is 4. The molecular formula is C16H16ClIN4O2. The molecule has 3 heterocycles. The maximum absolute atomic E-state index is 10.0. The highest BCUT2D eigenvalue weighted by Crippen LogP contribution is 2.46. The van der Waals surface area contributed by atoms with Gasteiger partial charge in [-0.15, -0.1) is 0 Å². The van der Waals surface area contributed by atoms with E-state index in [9.17, 15) is 5.11 Å². The molecule has 0 spiro atoms. The van der Waals surface area contributed by atoms with Gasteiger partial charge in [0.25, 0.3) is 0 Å². The molecule has 1 fully saturated rings. The number of aliphatic hydroxyl groups excluding tert-OH is 1. The van der Waals surface area contributed by atoms with E-state index in [-0.39, 0.29) is 12.6 Å². The molecule has 3 aromatic rings. The van der Waals surface area contributed by atoms with Crippen LogP contribution in [0, 0.1) is 3.57 Å². The summed E-state index contributed by atoms with van der Waals surface area (Å²) in [5, 5.41) is 15.4. The zero-order chi connectivity index (χ0) is 17.0. The first-order chi connectivity index (χ1) is 11.5. The Morgan fingerprint density at radius 1 is 1.42 bits per heavy atom. The number of aliphatic hydroxyl groups is 1. The van der Waals surface area contributed by atoms with E-state index in [4.69, 9.17) is 16.1 Å². The Morgan fingerprint density at radius 3 is 2.79 bits per heavy atom. The van der Waals surface area contributed by atoms with Gasteiger partial charge in [-0.25, -0.2) is 9.97 Å². The average Bonchev–Trinajstić information content (AvgIpc) is 3.23. The van der Waals surface area contributed by atoms with Crippen LogP contribution in [-0.2, 0) is 6.61 Å². The average molecular weight is 459 g/mol. The minimum atomic E-state index is -0.137. The molecule has 0 atom stereocenters. The zero-order valence-electron chi connectivity index (χ0n) is 13.3. The third-order valence-electron chi connectivity index (χ3n) is 4.35. The minimum absolute atomic E-state index is 0.113. The zero-order valence-corrected chi connectivity index (χ0v) is 16.2. The van der Waals surface area contributed by atoms with Crippen molar-refractivity contribution in [1.29, 1.82) is 0 Å². The molecule has 3 aromatic heterocycles. The first-order valence-corrected chi connectivity index (χ1v) is 9.29. The maximum atomic E-state index is 10.0. The molecular weight excluding hydrogens is 443 g/mol. The topological polar surface area (TPSA) is 77.0 Å². The first kappa shape index (κ1) is 16.3. The van der Waals surface area contributed by atoms with Crippen molar-refractivity contribution in [3.63, 3.8) is 0 Å². The molecule has 1 aliphatic rings. The fourth-order valence-electron chi connectivity index (χ4n) is 3.16. The SMILES string of the molecule is CC(C)n1c(CO)c(-c2noc(C3CC3)c2I)c2c(Cl)ncnc21. The molecule has 24 heavy (non-hydrogen) atoms. The molecule has 0 bridgehead atoms. The Hall–Kier alpha value is -1.19. The van der Waals surface area contributed by atoms with E-state index in [0.29, 0.717) is 27.8 Å². The van der Waals surface area contributed by atoms with Crippen molar-refractivity contribution in [2.75, 3.05) is 0 Å². The standard InChI is InChI=1S/C16H16ClIN4O2/c1-7(2)22-9(5-23)10(11-15(17)19-6-20-16(11)22)13-12(18)14(24-21-13)8-3-4-8/h6-8,23H,3-5H2,1-2H3. The molecule has 0 unspecified atom stereocenters. The minimum Gasteiger partial charge on any atom is -0.390 e. The monoisotopic (exact) mass is 458 g/mol. The highest BCUT2D eigenvalue weighted by Gasteiger charge is 2.34. The molecule has 0 aliphatic heterocycles. The number of hydrogen-bond donors (Lipinski definition) is 1. The first-order valence-electron chi connectivity index (χ1n) is 7.84. The van der Waals surface area contributed by atoms with E-state index in [1.165, 1.54) is 6.33 Å². The summed E-state index contributed by atoms with van der Waals surface area (Å²) in [6.45, 7) is 3.95. The lowest BCUT2D eigenvalue weighted by molar-refractivity contribution is 0.269. The summed E-state index contributed by atoms with van der Waals surface area (Å²) < 4.78 is 8.56. The van der Waals surface area contributed by atoms with Crippen molar-refractivity contribution >= 4 is 45.2 Å². The molecule has 6 nitrogen and oxygen atoms in total. The van der Waals surface area contributed by atoms with Crippen LogP contribution in [0.1, 0.15) is 50.1 Å². The fraction of sp³-hybridized carbons (Fsp3) is 0.438. The second-order valence-electron chi connectivity index (χ2n) is 6.29. The quantitative estimate of drug-likeness (QED) is 0.466. The van der Waals surface area contributed by atoms with Gasteiger partial charge in [0.15, 0.2) is 5.76 Å². The molecule has 1 aliphatic carbocycles. The molecule has 1 N–H and O–H groups in total. The van der Waals surface area contributed by atoms with Gasteiger partial charge < -0.3 is 14.2 Å². The van der Waals surface area contributed by atoms with E-state index < -0.39 is 0 Å². The van der Waals surface area contributed by atoms with Gasteiger partial charge in [0.05, 0.1) is 21.3 Å². The van der Waals surface area contributed by atoms with Crippen LogP contribution in [0.4, 0.5) is 0 Å². The lowest BCUT2D eigenvalue weighted by Crippen LogP contribution is -2.07. The Balaban J connectivity index is 2.07. The summed E-state index contributed by atoms with van der Waals surface area (Å²) in [7, 11) is 0. The van der Waals surface area contributed by atoms with Gasteiger partial charge in [0.1, 0.15) is 22.8 Å². The van der Waals surface area contributed by atoms with E-state index in [1.54, 1.807) is 0 Å². The molecule has 0 amide bonds. The van der Waals surface area contributed by atoms with Crippen molar-refractivity contribution < 1.29 is 9.63 Å². The normalized spacial score (nSPS) is 14.9. The third kappa shape index (κ3) is 2.36. The van der Waals surface area contributed by atoms with Crippen LogP contribution in [0.3, 0.4) is 0 Å². The summed E-state index contributed by atoms with van der Waals surface area (Å²) in [6.07, 6.45) is 3.71. The van der Waals surface area contributed by atoms with Crippen LogP contribution < -0.4 is 0 Å². The van der Waals surface area contributed by atoms with E-state index in [1.807, 2.05) is 18.4 Å². The van der Waals surface area contributed by atoms with Crippen LogP contribution in [0.5, 0.6) is 0 Å². The van der Waals surface area contributed by atoms with Crippen molar-refractivity contribution in [1.82, 2.24) is 19.7 Å². The maximum Gasteiger partial charge on any atom is 0.153 e. The van der Waals surface area contributed by atoms with Gasteiger partial charge in [-0.2, -0.15) is 0 Å². The second kappa shape index (κ2) is 5.96. The van der Waals surface area contributed by atoms with Crippen LogP contribution in [0.15, 0.2) is 10.9 Å². The van der Waals surface area contributed by atoms with Crippen molar-refractivity contribution in [2.45, 2.75) is 45.3 Å². The van der Waals surface area contributed by atoms with Crippen LogP contribution in [0.25, 0.3) is 22.3 Å². The molecule has 4 rings (SSSR count). The molecule has 0 aromatic carbocycles. The van der Waals surface area contributed by atoms with Gasteiger partial charge in [-0.3, -0.25) is 0 Å². The summed E-state index contributed by atoms with van der Waals surface area (Å²) in [4.78, 5) is 8.52.